The van der Waals surface area contributed by atoms with E-state index in [1.807, 2.05) is 71.8 Å². The minimum atomic E-state index is -1.05. The van der Waals surface area contributed by atoms with E-state index in [0.717, 1.165) is 50.1 Å². The number of esters is 1. The standard InChI is InChI=1S/C54H74N8O7/c1-13-61-44-22-21-37-29-40(44)41(47(61)39-19-15-24-55-45(39)34(4)68-12)30-53(5,6)32-69-51(66)42-20-16-25-62(57-42)50(65)43(28-35-17-14-18-36(37)27-35)56-48(63)46(33(2)3)59(11)49(64)38-23-26-60(31-38)52(67)54(7,8)58(9)10/h14-15,17-19,21-22,24,27,29,33-34,38,42-43,46,57H,13,16,20,23,25-26,28,30-32H2,1-12H3,(H,56,63)/t34-,38-,42-,43-,46?/m0/s1. The lowest BCUT2D eigenvalue weighted by Gasteiger charge is -2.37. The van der Waals surface area contributed by atoms with Crippen LogP contribution in [0.2, 0.25) is 0 Å². The van der Waals surface area contributed by atoms with Gasteiger partial charge in [-0.05, 0) is 120 Å². The number of carbonyl (C=O) groups excluding carboxylic acids is 5. The van der Waals surface area contributed by atoms with Crippen molar-refractivity contribution in [3.8, 4) is 22.4 Å². The van der Waals surface area contributed by atoms with Gasteiger partial charge in [-0.15, -0.1) is 0 Å². The van der Waals surface area contributed by atoms with Crippen molar-refractivity contribution in [2.45, 2.75) is 124 Å². The molecule has 2 aromatic heterocycles. The van der Waals surface area contributed by atoms with Gasteiger partial charge in [-0.25, -0.2) is 5.43 Å². The van der Waals surface area contributed by atoms with Crippen LogP contribution >= 0.6 is 0 Å². The normalized spacial score (nSPS) is 21.0. The summed E-state index contributed by atoms with van der Waals surface area (Å²) in [6.45, 7) is 17.7. The van der Waals surface area contributed by atoms with E-state index < -0.39 is 52.8 Å². The summed E-state index contributed by atoms with van der Waals surface area (Å²) < 4.78 is 14.3. The molecule has 15 heteroatoms. The number of aromatic nitrogens is 2. The molecule has 5 heterocycles. The number of amides is 4. The fourth-order valence-electron chi connectivity index (χ4n) is 10.3. The minimum Gasteiger partial charge on any atom is -0.464 e. The van der Waals surface area contributed by atoms with E-state index in [2.05, 4.69) is 72.5 Å². The van der Waals surface area contributed by atoms with Gasteiger partial charge < -0.3 is 29.2 Å². The van der Waals surface area contributed by atoms with Crippen LogP contribution < -0.4 is 10.7 Å². The Bertz CT molecular complexity index is 2570. The van der Waals surface area contributed by atoms with E-state index in [1.165, 1.54) is 9.91 Å². The van der Waals surface area contributed by atoms with Gasteiger partial charge in [0.05, 0.1) is 35.6 Å². The van der Waals surface area contributed by atoms with E-state index in [9.17, 15) is 24.0 Å². The van der Waals surface area contributed by atoms with Crippen LogP contribution in [0.25, 0.3) is 33.3 Å². The summed E-state index contributed by atoms with van der Waals surface area (Å²) in [6.07, 6.45) is 3.79. The van der Waals surface area contributed by atoms with Crippen molar-refractivity contribution in [1.29, 1.82) is 0 Å². The second-order valence-electron chi connectivity index (χ2n) is 21.2. The smallest absolute Gasteiger partial charge is 0.324 e. The van der Waals surface area contributed by atoms with Gasteiger partial charge in [0.15, 0.2) is 0 Å². The number of hydrogen-bond acceptors (Lipinski definition) is 10. The lowest BCUT2D eigenvalue weighted by atomic mass is 9.84. The van der Waals surface area contributed by atoms with Gasteiger partial charge in [0, 0.05) is 74.8 Å². The molecule has 6 bridgehead atoms. The first-order chi connectivity index (χ1) is 32.7. The summed E-state index contributed by atoms with van der Waals surface area (Å²) in [5, 5.41) is 5.61. The molecular formula is C54H74N8O7. The molecule has 4 amide bonds. The molecule has 0 saturated carbocycles. The first-order valence-corrected chi connectivity index (χ1v) is 24.7. The van der Waals surface area contributed by atoms with E-state index in [4.69, 9.17) is 14.5 Å². The lowest BCUT2D eigenvalue weighted by molar-refractivity contribution is -0.155. The largest absolute Gasteiger partial charge is 0.464 e. The number of methoxy groups -OCH3 is 1. The third-order valence-electron chi connectivity index (χ3n) is 14.8. The maximum absolute atomic E-state index is 14.8. The molecule has 3 aliphatic rings. The van der Waals surface area contributed by atoms with Gasteiger partial charge in [0.1, 0.15) is 18.1 Å². The Morgan fingerprint density at radius 2 is 1.74 bits per heavy atom. The van der Waals surface area contributed by atoms with E-state index >= 15 is 0 Å². The zero-order chi connectivity index (χ0) is 50.1. The average Bonchev–Trinajstić information content (AvgIpc) is 3.94. The molecule has 3 aliphatic heterocycles. The van der Waals surface area contributed by atoms with Gasteiger partial charge in [0.2, 0.25) is 17.7 Å². The molecule has 1 unspecified atom stereocenters. The molecule has 7 rings (SSSR count). The van der Waals surface area contributed by atoms with Crippen LogP contribution in [0.4, 0.5) is 0 Å². The van der Waals surface area contributed by atoms with Crippen LogP contribution in [-0.2, 0) is 52.8 Å². The van der Waals surface area contributed by atoms with Gasteiger partial charge in [-0.2, -0.15) is 0 Å². The predicted octanol–water partition coefficient (Wildman–Crippen LogP) is 6.42. The van der Waals surface area contributed by atoms with Gasteiger partial charge in [-0.1, -0.05) is 58.0 Å². The molecule has 4 aromatic rings. The number of likely N-dealkylation sites (tertiary alicyclic amines) is 1. The number of nitrogens with one attached hydrogen (secondary N) is 2. The molecule has 2 saturated heterocycles. The number of pyridine rings is 1. The summed E-state index contributed by atoms with van der Waals surface area (Å²) in [5.74, 6) is -2.36. The Labute approximate surface area is 408 Å². The van der Waals surface area contributed by atoms with Gasteiger partial charge in [-0.3, -0.25) is 38.9 Å². The second kappa shape index (κ2) is 20.8. The quantitative estimate of drug-likeness (QED) is 0.161. The van der Waals surface area contributed by atoms with Crippen molar-refractivity contribution in [2.75, 3.05) is 54.5 Å². The SMILES string of the molecule is CCn1c(-c2cccnc2[C@H](C)OC)c2c3cc(ccc31)-c1cccc(c1)C[C@H](NC(=O)C(C(C)C)N(C)C(=O)[C@H]1CCN(C(=O)C(C)(C)N(C)C)C1)C(=O)N1CCC[C@H](N1)C(=O)OCC(C)(C)C2. The molecule has 15 nitrogen and oxygen atoms in total. The van der Waals surface area contributed by atoms with Crippen LogP contribution in [0, 0.1) is 17.3 Å². The summed E-state index contributed by atoms with van der Waals surface area (Å²) >= 11 is 0. The third-order valence-corrected chi connectivity index (χ3v) is 14.8. The van der Waals surface area contributed by atoms with E-state index in [-0.39, 0.29) is 43.4 Å². The highest BCUT2D eigenvalue weighted by Crippen LogP contribution is 2.42. The van der Waals surface area contributed by atoms with Crippen molar-refractivity contribution in [3.63, 3.8) is 0 Å². The topological polar surface area (TPSA) is 159 Å². The van der Waals surface area contributed by atoms with Crippen molar-refractivity contribution in [3.05, 3.63) is 77.6 Å². The highest BCUT2D eigenvalue weighted by molar-refractivity contribution is 5.96. The van der Waals surface area contributed by atoms with Crippen LogP contribution in [0.1, 0.15) is 97.6 Å². The molecular weight excluding hydrogens is 873 g/mol. The number of aryl methyl sites for hydroxylation is 1. The molecule has 0 aliphatic carbocycles. The summed E-state index contributed by atoms with van der Waals surface area (Å²) in [7, 11) is 7.05. The number of fused-ring (bicyclic) bond motifs is 6. The molecule has 69 heavy (non-hydrogen) atoms. The first kappa shape index (κ1) is 51.2. The monoisotopic (exact) mass is 947 g/mol. The maximum atomic E-state index is 14.8. The first-order valence-electron chi connectivity index (χ1n) is 24.7. The molecule has 2 fully saturated rings. The Balaban J connectivity index is 1.26. The van der Waals surface area contributed by atoms with E-state index in [0.29, 0.717) is 45.3 Å². The number of ether oxygens (including phenoxy) is 2. The fourth-order valence-corrected chi connectivity index (χ4v) is 10.3. The van der Waals surface area contributed by atoms with Crippen molar-refractivity contribution < 1.29 is 33.4 Å². The molecule has 5 atom stereocenters. The summed E-state index contributed by atoms with van der Waals surface area (Å²) in [4.78, 5) is 81.0. The molecule has 0 spiro atoms. The Morgan fingerprint density at radius 1 is 1.00 bits per heavy atom. The predicted molar refractivity (Wildman–Crippen MR) is 268 cm³/mol. The molecule has 372 valence electrons. The second-order valence-corrected chi connectivity index (χ2v) is 21.2. The van der Waals surface area contributed by atoms with Gasteiger partial charge in [0.25, 0.3) is 5.91 Å². The van der Waals surface area contributed by atoms with Gasteiger partial charge >= 0.3 is 5.97 Å². The number of likely N-dealkylation sites (N-methyl/N-ethyl adjacent to an activating group) is 2. The van der Waals surface area contributed by atoms with E-state index in [1.54, 1.807) is 25.3 Å². The van der Waals surface area contributed by atoms with Crippen molar-refractivity contribution >= 4 is 40.5 Å². The number of cyclic esters (lactones) is 1. The van der Waals surface area contributed by atoms with Crippen molar-refractivity contribution in [1.82, 2.24) is 40.0 Å². The van der Waals surface area contributed by atoms with Crippen LogP contribution in [0.5, 0.6) is 0 Å². The lowest BCUT2D eigenvalue weighted by Crippen LogP contribution is -2.62. The number of benzene rings is 2. The van der Waals surface area contributed by atoms with Crippen LogP contribution in [-0.4, -0.2) is 137 Å². The zero-order valence-electron chi connectivity index (χ0n) is 42.8. The number of nitrogens with zero attached hydrogens (tertiary/aromatic N) is 6. The molecule has 0 radical (unpaired) electrons. The fraction of sp³-hybridized carbons (Fsp3) is 0.556. The van der Waals surface area contributed by atoms with Crippen molar-refractivity contribution in [2.24, 2.45) is 17.3 Å². The molecule has 2 N–H and O–H groups in total. The number of rotatable bonds is 11. The highest BCUT2D eigenvalue weighted by Gasteiger charge is 2.43. The Kier molecular flexibility index (Phi) is 15.4. The Morgan fingerprint density at radius 3 is 2.43 bits per heavy atom. The summed E-state index contributed by atoms with van der Waals surface area (Å²) in [5.41, 5.74) is 9.75. The number of carbonyl (C=O) groups is 5. The third kappa shape index (κ3) is 10.6. The Hall–Kier alpha value is -5.64. The number of hydrazine groups is 1. The summed E-state index contributed by atoms with van der Waals surface area (Å²) in [6, 6.07) is 15.9. The minimum absolute atomic E-state index is 0.0507. The molecule has 2 aromatic carbocycles. The maximum Gasteiger partial charge on any atom is 0.324 e. The van der Waals surface area contributed by atoms with Crippen LogP contribution in [0.3, 0.4) is 0 Å². The highest BCUT2D eigenvalue weighted by atomic mass is 16.5. The number of hydrogen-bond donors (Lipinski definition) is 2. The average molecular weight is 947 g/mol. The zero-order valence-corrected chi connectivity index (χ0v) is 42.8. The van der Waals surface area contributed by atoms with Crippen LogP contribution in [0.15, 0.2) is 60.8 Å².